The number of aliphatic hydroxyl groups is 1. The van der Waals surface area contributed by atoms with Crippen molar-refractivity contribution in [1.82, 2.24) is 10.2 Å². The lowest BCUT2D eigenvalue weighted by Gasteiger charge is -2.37. The van der Waals surface area contributed by atoms with Gasteiger partial charge in [0.15, 0.2) is 0 Å². The van der Waals surface area contributed by atoms with Gasteiger partial charge in [-0.1, -0.05) is 49.6 Å². The van der Waals surface area contributed by atoms with E-state index in [2.05, 4.69) is 15.5 Å². The zero-order valence-corrected chi connectivity index (χ0v) is 16.2. The van der Waals surface area contributed by atoms with Crippen LogP contribution in [0, 0.1) is 5.92 Å². The maximum Gasteiger partial charge on any atom is 0.272 e. The van der Waals surface area contributed by atoms with E-state index in [1.807, 2.05) is 30.3 Å². The van der Waals surface area contributed by atoms with Crippen LogP contribution in [0.3, 0.4) is 0 Å². The molecule has 150 valence electrons. The van der Waals surface area contributed by atoms with E-state index >= 15 is 0 Å². The quantitative estimate of drug-likeness (QED) is 0.621. The van der Waals surface area contributed by atoms with Crippen LogP contribution >= 0.6 is 0 Å². The number of carbonyl (C=O) groups is 1. The molecule has 1 atom stereocenters. The summed E-state index contributed by atoms with van der Waals surface area (Å²) in [5.41, 5.74) is -0.284. The Hall–Kier alpha value is -2.99. The molecular formula is C23H25N3O3. The number of rotatable bonds is 5. The number of amides is 1. The van der Waals surface area contributed by atoms with Gasteiger partial charge in [-0.25, -0.2) is 5.10 Å². The summed E-state index contributed by atoms with van der Waals surface area (Å²) in [6.45, 7) is 0. The molecule has 0 aliphatic heterocycles. The first-order valence-corrected chi connectivity index (χ1v) is 10.1. The summed E-state index contributed by atoms with van der Waals surface area (Å²) >= 11 is 0. The molecule has 1 aromatic heterocycles. The summed E-state index contributed by atoms with van der Waals surface area (Å²) < 4.78 is 0. The van der Waals surface area contributed by atoms with E-state index in [1.165, 1.54) is 0 Å². The maximum absolute atomic E-state index is 13.3. The predicted octanol–water partition coefficient (Wildman–Crippen LogP) is 3.42. The molecule has 1 heterocycles. The van der Waals surface area contributed by atoms with Crippen LogP contribution < -0.4 is 10.9 Å². The molecule has 4 rings (SSSR count). The molecular weight excluding hydrogens is 366 g/mol. The van der Waals surface area contributed by atoms with E-state index in [4.69, 9.17) is 0 Å². The third-order valence-corrected chi connectivity index (χ3v) is 5.91. The van der Waals surface area contributed by atoms with Gasteiger partial charge >= 0.3 is 0 Å². The lowest BCUT2D eigenvalue weighted by atomic mass is 9.73. The van der Waals surface area contributed by atoms with Crippen molar-refractivity contribution in [2.75, 3.05) is 5.32 Å². The van der Waals surface area contributed by atoms with E-state index in [1.54, 1.807) is 24.4 Å². The van der Waals surface area contributed by atoms with Crippen LogP contribution in [0.2, 0.25) is 0 Å². The molecule has 1 saturated carbocycles. The number of aromatic amines is 1. The number of aromatic nitrogens is 2. The average Bonchev–Trinajstić information content (AvgIpc) is 2.75. The Balaban J connectivity index is 1.63. The largest absolute Gasteiger partial charge is 0.379 e. The van der Waals surface area contributed by atoms with E-state index in [9.17, 15) is 14.7 Å². The molecule has 2 aromatic carbocycles. The third kappa shape index (κ3) is 4.07. The number of carbonyl (C=O) groups excluding carboxylic acids is 1. The normalized spacial score (nSPS) is 17.0. The van der Waals surface area contributed by atoms with Gasteiger partial charge in [-0.3, -0.25) is 9.59 Å². The standard InChI is InChI=1S/C23H25N3O3/c27-21-20-12-11-19(13-17(20)15-24-26-21)25-22(28)23(29,18-9-5-2-6-10-18)14-16-7-3-1-4-8-16/h1,3-4,7-8,11-13,15,18,29H,2,5-6,9-10,14H2,(H,25,28)(H,26,27). The predicted molar refractivity (Wildman–Crippen MR) is 113 cm³/mol. The fourth-order valence-corrected chi connectivity index (χ4v) is 4.31. The van der Waals surface area contributed by atoms with Gasteiger partial charge in [-0.15, -0.1) is 0 Å². The highest BCUT2D eigenvalue weighted by atomic mass is 16.3. The first kappa shape index (κ1) is 19.3. The van der Waals surface area contributed by atoms with Crippen molar-refractivity contribution >= 4 is 22.4 Å². The number of hydrogen-bond donors (Lipinski definition) is 3. The van der Waals surface area contributed by atoms with Gasteiger partial charge in [0.1, 0.15) is 5.60 Å². The molecule has 3 N–H and O–H groups in total. The van der Waals surface area contributed by atoms with Gasteiger partial charge in [-0.05, 0) is 42.5 Å². The molecule has 29 heavy (non-hydrogen) atoms. The summed E-state index contributed by atoms with van der Waals surface area (Å²) in [7, 11) is 0. The minimum absolute atomic E-state index is 0.0820. The van der Waals surface area contributed by atoms with Gasteiger partial charge in [-0.2, -0.15) is 5.10 Å². The molecule has 0 radical (unpaired) electrons. The van der Waals surface area contributed by atoms with Crippen LogP contribution in [0.4, 0.5) is 5.69 Å². The summed E-state index contributed by atoms with van der Waals surface area (Å²) in [5, 5.41) is 21.8. The van der Waals surface area contributed by atoms with Crippen molar-refractivity contribution in [3.05, 3.63) is 70.6 Å². The van der Waals surface area contributed by atoms with Crippen molar-refractivity contribution in [3.8, 4) is 0 Å². The van der Waals surface area contributed by atoms with Crippen LogP contribution in [-0.4, -0.2) is 26.8 Å². The number of nitrogens with one attached hydrogen (secondary N) is 2. The van der Waals surface area contributed by atoms with Crippen LogP contribution in [-0.2, 0) is 11.2 Å². The van der Waals surface area contributed by atoms with Crippen molar-refractivity contribution in [1.29, 1.82) is 0 Å². The Morgan fingerprint density at radius 3 is 2.66 bits per heavy atom. The van der Waals surface area contributed by atoms with Gasteiger partial charge in [0.2, 0.25) is 0 Å². The van der Waals surface area contributed by atoms with Crippen LogP contribution in [0.15, 0.2) is 59.5 Å². The zero-order valence-electron chi connectivity index (χ0n) is 16.2. The van der Waals surface area contributed by atoms with Gasteiger partial charge in [0, 0.05) is 17.5 Å². The minimum atomic E-state index is -1.48. The van der Waals surface area contributed by atoms with E-state index in [-0.39, 0.29) is 17.9 Å². The molecule has 0 spiro atoms. The Labute approximate surface area is 169 Å². The maximum atomic E-state index is 13.3. The summed E-state index contributed by atoms with van der Waals surface area (Å²) in [6.07, 6.45) is 6.70. The van der Waals surface area contributed by atoms with E-state index in [0.29, 0.717) is 16.5 Å². The highest BCUT2D eigenvalue weighted by Gasteiger charge is 2.44. The Morgan fingerprint density at radius 1 is 1.14 bits per heavy atom. The molecule has 0 saturated heterocycles. The first-order chi connectivity index (χ1) is 14.1. The monoisotopic (exact) mass is 391 g/mol. The highest BCUT2D eigenvalue weighted by Crippen LogP contribution is 2.36. The molecule has 1 amide bonds. The number of benzene rings is 2. The highest BCUT2D eigenvalue weighted by molar-refractivity contribution is 5.99. The molecule has 1 aliphatic carbocycles. The molecule has 6 heteroatoms. The Bertz CT molecular complexity index is 1060. The molecule has 1 unspecified atom stereocenters. The number of nitrogens with zero attached hydrogens (tertiary/aromatic N) is 1. The van der Waals surface area contributed by atoms with Crippen LogP contribution in [0.5, 0.6) is 0 Å². The van der Waals surface area contributed by atoms with Gasteiger partial charge < -0.3 is 10.4 Å². The number of fused-ring (bicyclic) bond motifs is 1. The lowest BCUT2D eigenvalue weighted by molar-refractivity contribution is -0.141. The smallest absolute Gasteiger partial charge is 0.272 e. The van der Waals surface area contributed by atoms with E-state index < -0.39 is 11.5 Å². The Morgan fingerprint density at radius 2 is 1.90 bits per heavy atom. The van der Waals surface area contributed by atoms with Crippen LogP contribution in [0.1, 0.15) is 37.7 Å². The SMILES string of the molecule is O=C(Nc1ccc2c(=O)[nH]ncc2c1)C(O)(Cc1ccccc1)C1CCCCC1. The summed E-state index contributed by atoms with van der Waals surface area (Å²) in [5.74, 6) is -0.480. The molecule has 1 fully saturated rings. The number of hydrogen-bond acceptors (Lipinski definition) is 4. The van der Waals surface area contributed by atoms with Gasteiger partial charge in [0.05, 0.1) is 11.6 Å². The first-order valence-electron chi connectivity index (χ1n) is 10.1. The molecule has 0 bridgehead atoms. The summed E-state index contributed by atoms with van der Waals surface area (Å²) in [4.78, 5) is 25.1. The zero-order chi connectivity index (χ0) is 20.3. The van der Waals surface area contributed by atoms with Crippen molar-refractivity contribution in [2.24, 2.45) is 5.92 Å². The topological polar surface area (TPSA) is 95.1 Å². The fraction of sp³-hybridized carbons (Fsp3) is 0.348. The molecule has 1 aliphatic rings. The Kier molecular flexibility index (Phi) is 5.45. The molecule has 3 aromatic rings. The number of anilines is 1. The average molecular weight is 391 g/mol. The van der Waals surface area contributed by atoms with Crippen molar-refractivity contribution < 1.29 is 9.90 Å². The molecule has 6 nitrogen and oxygen atoms in total. The second-order valence-electron chi connectivity index (χ2n) is 7.88. The second-order valence-corrected chi connectivity index (χ2v) is 7.88. The lowest BCUT2D eigenvalue weighted by Crippen LogP contribution is -2.51. The minimum Gasteiger partial charge on any atom is -0.379 e. The van der Waals surface area contributed by atoms with Crippen LogP contribution in [0.25, 0.3) is 10.8 Å². The van der Waals surface area contributed by atoms with E-state index in [0.717, 1.165) is 37.7 Å². The van der Waals surface area contributed by atoms with Crippen molar-refractivity contribution in [2.45, 2.75) is 44.1 Å². The fourth-order valence-electron chi connectivity index (χ4n) is 4.31. The van der Waals surface area contributed by atoms with Crippen molar-refractivity contribution in [3.63, 3.8) is 0 Å². The number of H-pyrrole nitrogens is 1. The van der Waals surface area contributed by atoms with Gasteiger partial charge in [0.25, 0.3) is 11.5 Å². The summed E-state index contributed by atoms with van der Waals surface area (Å²) in [6, 6.07) is 14.7. The third-order valence-electron chi connectivity index (χ3n) is 5.91. The second kappa shape index (κ2) is 8.17.